The summed E-state index contributed by atoms with van der Waals surface area (Å²) in [7, 11) is 0. The lowest BCUT2D eigenvalue weighted by Crippen LogP contribution is -2.12. The van der Waals surface area contributed by atoms with Crippen molar-refractivity contribution < 1.29 is 18.6 Å². The number of aromatic nitrogens is 1. The van der Waals surface area contributed by atoms with Crippen LogP contribution in [0.3, 0.4) is 0 Å². The van der Waals surface area contributed by atoms with Gasteiger partial charge in [0.15, 0.2) is 11.3 Å². The molecule has 4 aromatic rings. The molecule has 0 saturated heterocycles. The van der Waals surface area contributed by atoms with Crippen LogP contribution in [0.15, 0.2) is 51.3 Å². The highest BCUT2D eigenvalue weighted by atomic mass is 16.6. The second kappa shape index (κ2) is 6.90. The van der Waals surface area contributed by atoms with Gasteiger partial charge in [-0.25, -0.2) is 4.98 Å². The molecule has 8 heteroatoms. The van der Waals surface area contributed by atoms with E-state index in [0.717, 1.165) is 39.4 Å². The first-order valence-corrected chi connectivity index (χ1v) is 8.87. The monoisotopic (exact) mass is 391 g/mol. The van der Waals surface area contributed by atoms with Gasteiger partial charge in [-0.3, -0.25) is 14.9 Å². The number of fused-ring (bicyclic) bond motifs is 1. The highest BCUT2D eigenvalue weighted by molar-refractivity contribution is 6.03. The van der Waals surface area contributed by atoms with Gasteiger partial charge >= 0.3 is 5.88 Å². The molecule has 8 nitrogen and oxygen atoms in total. The topological polar surface area (TPSA) is 111 Å². The Morgan fingerprint density at radius 3 is 2.62 bits per heavy atom. The van der Waals surface area contributed by atoms with Crippen molar-refractivity contribution in [2.45, 2.75) is 20.8 Å². The van der Waals surface area contributed by atoms with E-state index in [1.807, 2.05) is 39.0 Å². The van der Waals surface area contributed by atoms with Crippen molar-refractivity contribution in [3.63, 3.8) is 0 Å². The molecular weight excluding hydrogens is 374 g/mol. The first-order valence-electron chi connectivity index (χ1n) is 8.87. The van der Waals surface area contributed by atoms with Gasteiger partial charge in [0.1, 0.15) is 10.4 Å². The van der Waals surface area contributed by atoms with Crippen LogP contribution in [0.1, 0.15) is 27.2 Å². The molecule has 4 rings (SSSR count). The maximum atomic E-state index is 12.4. The molecule has 0 aliphatic heterocycles. The maximum Gasteiger partial charge on any atom is 0.433 e. The number of carbonyl (C=O) groups is 1. The van der Waals surface area contributed by atoms with Gasteiger partial charge in [0.2, 0.25) is 5.89 Å². The molecule has 0 spiro atoms. The molecule has 0 aliphatic rings. The average molecular weight is 391 g/mol. The number of rotatable bonds is 4. The number of furan rings is 1. The van der Waals surface area contributed by atoms with Gasteiger partial charge < -0.3 is 14.2 Å². The Balaban J connectivity index is 1.68. The van der Waals surface area contributed by atoms with Crippen LogP contribution < -0.4 is 5.32 Å². The average Bonchev–Trinajstić information content (AvgIpc) is 3.30. The third-order valence-corrected chi connectivity index (χ3v) is 4.63. The zero-order chi connectivity index (χ0) is 20.7. The molecule has 0 unspecified atom stereocenters. The molecule has 2 heterocycles. The molecule has 29 heavy (non-hydrogen) atoms. The second-order valence-electron chi connectivity index (χ2n) is 6.78. The third-order valence-electron chi connectivity index (χ3n) is 4.63. The number of nitrogens with zero attached hydrogens (tertiary/aromatic N) is 2. The largest absolute Gasteiger partial charge is 0.436 e. The van der Waals surface area contributed by atoms with Crippen molar-refractivity contribution in [1.82, 2.24) is 4.98 Å². The fourth-order valence-electron chi connectivity index (χ4n) is 3.23. The van der Waals surface area contributed by atoms with Gasteiger partial charge in [-0.1, -0.05) is 12.1 Å². The van der Waals surface area contributed by atoms with Gasteiger partial charge in [-0.2, -0.15) is 0 Å². The number of benzene rings is 2. The van der Waals surface area contributed by atoms with E-state index in [-0.39, 0.29) is 5.76 Å². The van der Waals surface area contributed by atoms with Gasteiger partial charge in [-0.15, -0.1) is 0 Å². The van der Waals surface area contributed by atoms with Crippen LogP contribution in [-0.2, 0) is 0 Å². The van der Waals surface area contributed by atoms with E-state index in [4.69, 9.17) is 8.83 Å². The fourth-order valence-corrected chi connectivity index (χ4v) is 3.23. The number of carbonyl (C=O) groups excluding carboxylic acids is 1. The van der Waals surface area contributed by atoms with Crippen molar-refractivity contribution in [3.05, 3.63) is 75.0 Å². The minimum absolute atomic E-state index is 0.144. The molecule has 2 aromatic carbocycles. The summed E-state index contributed by atoms with van der Waals surface area (Å²) >= 11 is 0. The zero-order valence-electron chi connectivity index (χ0n) is 16.0. The van der Waals surface area contributed by atoms with Crippen molar-refractivity contribution in [2.24, 2.45) is 0 Å². The molecule has 146 valence electrons. The van der Waals surface area contributed by atoms with Gasteiger partial charge in [0.25, 0.3) is 5.91 Å². The predicted octanol–water partition coefficient (Wildman–Crippen LogP) is 5.17. The van der Waals surface area contributed by atoms with Gasteiger partial charge in [0.05, 0.1) is 6.07 Å². The Kier molecular flexibility index (Phi) is 4.38. The number of hydrogen-bond donors (Lipinski definition) is 1. The smallest absolute Gasteiger partial charge is 0.433 e. The first-order chi connectivity index (χ1) is 13.8. The molecule has 0 radical (unpaired) electrons. The third kappa shape index (κ3) is 3.36. The summed E-state index contributed by atoms with van der Waals surface area (Å²) in [5.74, 6) is -0.759. The maximum absolute atomic E-state index is 12.4. The van der Waals surface area contributed by atoms with E-state index in [1.54, 1.807) is 12.1 Å². The summed E-state index contributed by atoms with van der Waals surface area (Å²) in [6.07, 6.45) is 0. The van der Waals surface area contributed by atoms with Crippen LogP contribution in [0, 0.1) is 30.9 Å². The van der Waals surface area contributed by atoms with Crippen molar-refractivity contribution in [1.29, 1.82) is 0 Å². The van der Waals surface area contributed by atoms with E-state index in [2.05, 4.69) is 10.3 Å². The lowest BCUT2D eigenvalue weighted by molar-refractivity contribution is -0.402. The van der Waals surface area contributed by atoms with Crippen LogP contribution in [-0.4, -0.2) is 15.8 Å². The Hall–Kier alpha value is -3.94. The second-order valence-corrected chi connectivity index (χ2v) is 6.78. The predicted molar refractivity (Wildman–Crippen MR) is 107 cm³/mol. The number of nitrogens with one attached hydrogen (secondary N) is 1. The van der Waals surface area contributed by atoms with Crippen molar-refractivity contribution in [3.8, 4) is 11.5 Å². The van der Waals surface area contributed by atoms with Crippen LogP contribution in [0.5, 0.6) is 0 Å². The molecular formula is C21H17N3O5. The molecule has 1 N–H and O–H groups in total. The summed E-state index contributed by atoms with van der Waals surface area (Å²) in [5.41, 5.74) is 5.61. The standard InChI is InChI=1S/C21H17N3O5/c1-11-9-12(2)19-16(10-11)23-21(29-19)14-5-4-6-15(13(14)3)22-20(25)17-7-8-18(28-17)24(26)27/h4-10H,1-3H3,(H,22,25). The summed E-state index contributed by atoms with van der Waals surface area (Å²) in [6, 6.07) is 11.8. The highest BCUT2D eigenvalue weighted by Crippen LogP contribution is 2.32. The van der Waals surface area contributed by atoms with E-state index < -0.39 is 16.7 Å². The number of aryl methyl sites for hydroxylation is 2. The van der Waals surface area contributed by atoms with Crippen LogP contribution in [0.4, 0.5) is 11.6 Å². The zero-order valence-corrected chi connectivity index (χ0v) is 16.0. The van der Waals surface area contributed by atoms with E-state index >= 15 is 0 Å². The number of hydrogen-bond acceptors (Lipinski definition) is 6. The Bertz CT molecular complexity index is 1270. The van der Waals surface area contributed by atoms with Crippen LogP contribution in [0.2, 0.25) is 0 Å². The van der Waals surface area contributed by atoms with Gasteiger partial charge in [-0.05, 0) is 61.7 Å². The number of amides is 1. The number of oxazole rings is 1. The molecule has 0 fully saturated rings. The van der Waals surface area contributed by atoms with E-state index in [9.17, 15) is 14.9 Å². The lowest BCUT2D eigenvalue weighted by Gasteiger charge is -2.09. The van der Waals surface area contributed by atoms with Crippen molar-refractivity contribution >= 4 is 28.6 Å². The number of anilines is 1. The summed E-state index contributed by atoms with van der Waals surface area (Å²) in [5, 5.41) is 13.5. The minimum atomic E-state index is -0.695. The summed E-state index contributed by atoms with van der Waals surface area (Å²) < 4.78 is 10.9. The molecule has 1 amide bonds. The Labute approximate surface area is 165 Å². The first kappa shape index (κ1) is 18.4. The molecule has 0 saturated carbocycles. The van der Waals surface area contributed by atoms with Crippen LogP contribution in [0.25, 0.3) is 22.6 Å². The minimum Gasteiger partial charge on any atom is -0.436 e. The molecule has 0 bridgehead atoms. The molecule has 0 atom stereocenters. The van der Waals surface area contributed by atoms with E-state index in [1.165, 1.54) is 6.07 Å². The Morgan fingerprint density at radius 2 is 1.90 bits per heavy atom. The normalized spacial score (nSPS) is 11.0. The molecule has 2 aromatic heterocycles. The Morgan fingerprint density at radius 1 is 1.10 bits per heavy atom. The SMILES string of the molecule is Cc1cc(C)c2oc(-c3cccc(NC(=O)c4ccc([N+](=O)[O-])o4)c3C)nc2c1. The lowest BCUT2D eigenvalue weighted by atomic mass is 10.1. The summed E-state index contributed by atoms with van der Waals surface area (Å²) in [4.78, 5) is 27.0. The molecule has 0 aliphatic carbocycles. The fraction of sp³-hybridized carbons (Fsp3) is 0.143. The van der Waals surface area contributed by atoms with E-state index in [0.29, 0.717) is 11.6 Å². The quantitative estimate of drug-likeness (QED) is 0.379. The van der Waals surface area contributed by atoms with Crippen LogP contribution >= 0.6 is 0 Å². The highest BCUT2D eigenvalue weighted by Gasteiger charge is 2.19. The number of nitro groups is 1. The van der Waals surface area contributed by atoms with Gasteiger partial charge in [0, 0.05) is 11.3 Å². The van der Waals surface area contributed by atoms with Crippen molar-refractivity contribution in [2.75, 3.05) is 5.32 Å². The summed E-state index contributed by atoms with van der Waals surface area (Å²) in [6.45, 7) is 5.81.